The van der Waals surface area contributed by atoms with Gasteiger partial charge in [-0.2, -0.15) is 11.8 Å². The van der Waals surface area contributed by atoms with Crippen LogP contribution in [0.5, 0.6) is 0 Å². The van der Waals surface area contributed by atoms with Gasteiger partial charge in [0.1, 0.15) is 0 Å². The van der Waals surface area contributed by atoms with E-state index in [1.807, 2.05) is 6.20 Å². The van der Waals surface area contributed by atoms with Crippen molar-refractivity contribution in [1.29, 1.82) is 0 Å². The number of hydrogen-bond acceptors (Lipinski definition) is 4. The Balaban J connectivity index is 2.04. The summed E-state index contributed by atoms with van der Waals surface area (Å²) in [7, 11) is 0. The predicted octanol–water partition coefficient (Wildman–Crippen LogP) is 2.82. The van der Waals surface area contributed by atoms with Crippen molar-refractivity contribution in [2.45, 2.75) is 38.0 Å². The summed E-state index contributed by atoms with van der Waals surface area (Å²) < 4.78 is 0. The number of pyridine rings is 1. The second kappa shape index (κ2) is 6.43. The van der Waals surface area contributed by atoms with Gasteiger partial charge in [0.15, 0.2) is 0 Å². The van der Waals surface area contributed by atoms with E-state index in [0.717, 1.165) is 30.5 Å². The molecule has 1 aromatic heterocycles. The third-order valence-corrected chi connectivity index (χ3v) is 4.92. The molecule has 0 radical (unpaired) electrons. The highest BCUT2D eigenvalue weighted by Gasteiger charge is 2.19. The molecule has 0 aliphatic carbocycles. The molecule has 2 atom stereocenters. The molecule has 3 nitrogen and oxygen atoms in total. The molecule has 0 saturated carbocycles. The summed E-state index contributed by atoms with van der Waals surface area (Å²) in [5.41, 5.74) is 8.22. The molecule has 100 valence electrons. The smallest absolute Gasteiger partial charge is 0.0572 e. The van der Waals surface area contributed by atoms with Crippen LogP contribution in [0.2, 0.25) is 0 Å². The molecule has 2 N–H and O–H groups in total. The summed E-state index contributed by atoms with van der Waals surface area (Å²) >= 11 is 2.09. The van der Waals surface area contributed by atoms with Crippen LogP contribution < -0.4 is 10.6 Å². The molecule has 1 aliphatic heterocycles. The molecule has 18 heavy (non-hydrogen) atoms. The summed E-state index contributed by atoms with van der Waals surface area (Å²) in [5.74, 6) is 1.22. The van der Waals surface area contributed by atoms with Gasteiger partial charge in [0.25, 0.3) is 0 Å². The zero-order chi connectivity index (χ0) is 13.0. The third-order valence-electron chi connectivity index (χ3n) is 3.55. The number of nitrogens with two attached hydrogens (primary N) is 1. The van der Waals surface area contributed by atoms with E-state index in [1.165, 1.54) is 17.9 Å². The standard InChI is InChI=1S/C14H23N3S/c1-3-12-10-17(7-8-18-12)11-5-6-14(16-9-11)13(15)4-2/h5-6,9,12-13H,3-4,7-8,10,15H2,1-2H3/t12?,13-/m1/s1. The fourth-order valence-electron chi connectivity index (χ4n) is 2.21. The zero-order valence-electron chi connectivity index (χ0n) is 11.3. The summed E-state index contributed by atoms with van der Waals surface area (Å²) in [6, 6.07) is 4.31. The summed E-state index contributed by atoms with van der Waals surface area (Å²) in [6.45, 7) is 6.63. The van der Waals surface area contributed by atoms with Crippen molar-refractivity contribution in [3.63, 3.8) is 0 Å². The van der Waals surface area contributed by atoms with Crippen LogP contribution in [0.4, 0.5) is 5.69 Å². The second-order valence-corrected chi connectivity index (χ2v) is 6.21. The molecule has 4 heteroatoms. The molecular formula is C14H23N3S. The Morgan fingerprint density at radius 2 is 2.33 bits per heavy atom. The number of thioether (sulfide) groups is 1. The number of nitrogens with zero attached hydrogens (tertiary/aromatic N) is 2. The minimum atomic E-state index is 0.0688. The Hall–Kier alpha value is -0.740. The van der Waals surface area contributed by atoms with Gasteiger partial charge in [-0.15, -0.1) is 0 Å². The van der Waals surface area contributed by atoms with Crippen LogP contribution >= 0.6 is 11.8 Å². The van der Waals surface area contributed by atoms with Crippen LogP contribution in [0.15, 0.2) is 18.3 Å². The Morgan fingerprint density at radius 1 is 1.50 bits per heavy atom. The fourth-order valence-corrected chi connectivity index (χ4v) is 3.39. The Bertz CT molecular complexity index is 366. The van der Waals surface area contributed by atoms with Gasteiger partial charge in [-0.1, -0.05) is 13.8 Å². The average molecular weight is 265 g/mol. The lowest BCUT2D eigenvalue weighted by atomic mass is 10.1. The van der Waals surface area contributed by atoms with Crippen molar-refractivity contribution in [1.82, 2.24) is 4.98 Å². The average Bonchev–Trinajstić information content (AvgIpc) is 2.46. The zero-order valence-corrected chi connectivity index (χ0v) is 12.1. The number of hydrogen-bond donors (Lipinski definition) is 1. The molecule has 1 aromatic rings. The van der Waals surface area contributed by atoms with E-state index in [0.29, 0.717) is 0 Å². The lowest BCUT2D eigenvalue weighted by molar-refractivity contribution is 0.673. The van der Waals surface area contributed by atoms with Gasteiger partial charge in [-0.3, -0.25) is 4.98 Å². The molecule has 1 fully saturated rings. The Labute approximate surface area is 114 Å². The topological polar surface area (TPSA) is 42.1 Å². The van der Waals surface area contributed by atoms with E-state index < -0.39 is 0 Å². The van der Waals surface area contributed by atoms with Gasteiger partial charge in [0.2, 0.25) is 0 Å². The van der Waals surface area contributed by atoms with Crippen molar-refractivity contribution in [3.8, 4) is 0 Å². The molecule has 0 bridgehead atoms. The molecule has 2 rings (SSSR count). The predicted molar refractivity (Wildman–Crippen MR) is 80.2 cm³/mol. The van der Waals surface area contributed by atoms with Gasteiger partial charge in [0.05, 0.1) is 17.6 Å². The van der Waals surface area contributed by atoms with E-state index in [-0.39, 0.29) is 6.04 Å². The monoisotopic (exact) mass is 265 g/mol. The molecule has 0 amide bonds. The molecule has 2 heterocycles. The van der Waals surface area contributed by atoms with Gasteiger partial charge in [-0.05, 0) is 25.0 Å². The second-order valence-electron chi connectivity index (χ2n) is 4.80. The van der Waals surface area contributed by atoms with Crippen molar-refractivity contribution in [2.24, 2.45) is 5.73 Å². The van der Waals surface area contributed by atoms with Crippen LogP contribution in [0.25, 0.3) is 0 Å². The van der Waals surface area contributed by atoms with Crippen LogP contribution in [0, 0.1) is 0 Å². The number of rotatable bonds is 4. The lowest BCUT2D eigenvalue weighted by Gasteiger charge is -2.33. The quantitative estimate of drug-likeness (QED) is 0.909. The largest absolute Gasteiger partial charge is 0.368 e. The first-order chi connectivity index (χ1) is 8.74. The van der Waals surface area contributed by atoms with Crippen LogP contribution in [0.3, 0.4) is 0 Å². The molecule has 1 saturated heterocycles. The van der Waals surface area contributed by atoms with Crippen molar-refractivity contribution < 1.29 is 0 Å². The van der Waals surface area contributed by atoms with E-state index in [4.69, 9.17) is 5.73 Å². The van der Waals surface area contributed by atoms with E-state index in [2.05, 4.69) is 47.6 Å². The molecule has 1 unspecified atom stereocenters. The van der Waals surface area contributed by atoms with Gasteiger partial charge in [0, 0.05) is 30.1 Å². The highest BCUT2D eigenvalue weighted by molar-refractivity contribution is 8.00. The van der Waals surface area contributed by atoms with E-state index >= 15 is 0 Å². The fraction of sp³-hybridized carbons (Fsp3) is 0.643. The van der Waals surface area contributed by atoms with Gasteiger partial charge < -0.3 is 10.6 Å². The minimum absolute atomic E-state index is 0.0688. The molecule has 0 spiro atoms. The molecule has 0 aromatic carbocycles. The number of anilines is 1. The lowest BCUT2D eigenvalue weighted by Crippen LogP contribution is -2.37. The Morgan fingerprint density at radius 3 is 2.94 bits per heavy atom. The van der Waals surface area contributed by atoms with Gasteiger partial charge in [-0.25, -0.2) is 0 Å². The third kappa shape index (κ3) is 3.18. The summed E-state index contributed by atoms with van der Waals surface area (Å²) in [5, 5.41) is 0.760. The first kappa shape index (κ1) is 13.7. The van der Waals surface area contributed by atoms with Crippen molar-refractivity contribution in [3.05, 3.63) is 24.0 Å². The van der Waals surface area contributed by atoms with Crippen molar-refractivity contribution >= 4 is 17.4 Å². The van der Waals surface area contributed by atoms with Crippen LogP contribution in [-0.2, 0) is 0 Å². The summed E-state index contributed by atoms with van der Waals surface area (Å²) in [4.78, 5) is 6.95. The number of aromatic nitrogens is 1. The minimum Gasteiger partial charge on any atom is -0.368 e. The summed E-state index contributed by atoms with van der Waals surface area (Å²) in [6.07, 6.45) is 4.16. The molecule has 1 aliphatic rings. The Kier molecular flexibility index (Phi) is 4.89. The first-order valence-corrected chi connectivity index (χ1v) is 7.87. The maximum absolute atomic E-state index is 5.99. The maximum atomic E-state index is 5.99. The highest BCUT2D eigenvalue weighted by Crippen LogP contribution is 2.25. The van der Waals surface area contributed by atoms with Crippen LogP contribution in [-0.4, -0.2) is 29.1 Å². The first-order valence-electron chi connectivity index (χ1n) is 6.82. The highest BCUT2D eigenvalue weighted by atomic mass is 32.2. The van der Waals surface area contributed by atoms with Crippen molar-refractivity contribution in [2.75, 3.05) is 23.7 Å². The SMILES string of the molecule is CCC1CN(c2ccc([C@H](N)CC)nc2)CCS1. The normalized spacial score (nSPS) is 21.9. The molecular weight excluding hydrogens is 242 g/mol. The van der Waals surface area contributed by atoms with E-state index in [9.17, 15) is 0 Å². The maximum Gasteiger partial charge on any atom is 0.0572 e. The van der Waals surface area contributed by atoms with Gasteiger partial charge >= 0.3 is 0 Å². The van der Waals surface area contributed by atoms with E-state index in [1.54, 1.807) is 0 Å². The van der Waals surface area contributed by atoms with Crippen LogP contribution in [0.1, 0.15) is 38.4 Å².